The third-order valence-electron chi connectivity index (χ3n) is 7.69. The number of H-pyrrole nitrogens is 1. The molecule has 2 aromatic heterocycles. The van der Waals surface area contributed by atoms with E-state index in [9.17, 15) is 9.59 Å². The minimum Gasteiger partial charge on any atom is -0.492 e. The van der Waals surface area contributed by atoms with Gasteiger partial charge in [-0.05, 0) is 84.3 Å². The summed E-state index contributed by atoms with van der Waals surface area (Å²) in [5, 5.41) is 6.13. The molecule has 0 unspecified atom stereocenters. The molecule has 0 atom stereocenters. The number of aryl methyl sites for hydroxylation is 1. The van der Waals surface area contributed by atoms with Crippen molar-refractivity contribution in [2.24, 2.45) is 5.92 Å². The van der Waals surface area contributed by atoms with Crippen molar-refractivity contribution in [3.8, 4) is 28.5 Å². The molecule has 2 amide bonds. The van der Waals surface area contributed by atoms with E-state index >= 15 is 0 Å². The number of nitrogens with zero attached hydrogens (tertiary/aromatic N) is 2. The van der Waals surface area contributed by atoms with Crippen LogP contribution in [-0.2, 0) is 4.74 Å². The van der Waals surface area contributed by atoms with Crippen LogP contribution in [0.2, 0.25) is 0 Å². The standard InChI is InChI=1S/C30H37N5O6/c1-16-22(28(36)34-18-7-9-19(10-8-18)35-29(37)41-30(2,3)4)24-26(33-16)25(32-14-31-24)23-20(38-13-17-5-6-17)11-12-21-27(23)40-15-39-21/h11-12,14,17-19,33H,5-10,13,15H2,1-4H3,(H,34,36)(H,35,37). The van der Waals surface area contributed by atoms with Crippen molar-refractivity contribution in [2.45, 2.75) is 83.9 Å². The molecule has 1 aromatic carbocycles. The molecule has 6 rings (SSSR count). The summed E-state index contributed by atoms with van der Waals surface area (Å²) in [7, 11) is 0. The Balaban J connectivity index is 1.20. The zero-order valence-corrected chi connectivity index (χ0v) is 24.0. The van der Waals surface area contributed by atoms with Gasteiger partial charge in [-0.2, -0.15) is 0 Å². The summed E-state index contributed by atoms with van der Waals surface area (Å²) >= 11 is 0. The van der Waals surface area contributed by atoms with Crippen LogP contribution in [0.5, 0.6) is 17.2 Å². The summed E-state index contributed by atoms with van der Waals surface area (Å²) in [4.78, 5) is 38.2. The van der Waals surface area contributed by atoms with Crippen LogP contribution in [0.3, 0.4) is 0 Å². The van der Waals surface area contributed by atoms with E-state index in [1.807, 2.05) is 39.8 Å². The van der Waals surface area contributed by atoms with Gasteiger partial charge in [-0.3, -0.25) is 4.79 Å². The van der Waals surface area contributed by atoms with Crippen molar-refractivity contribution < 1.29 is 28.5 Å². The van der Waals surface area contributed by atoms with Crippen LogP contribution >= 0.6 is 0 Å². The van der Waals surface area contributed by atoms with E-state index in [4.69, 9.17) is 18.9 Å². The average molecular weight is 564 g/mol. The maximum Gasteiger partial charge on any atom is 0.407 e. The Labute approximate surface area is 238 Å². The number of carbonyl (C=O) groups is 2. The van der Waals surface area contributed by atoms with Crippen molar-refractivity contribution in [3.05, 3.63) is 29.7 Å². The molecule has 0 bridgehead atoms. The Hall–Kier alpha value is -4.02. The molecule has 2 saturated carbocycles. The minimum atomic E-state index is -0.539. The summed E-state index contributed by atoms with van der Waals surface area (Å²) in [5.74, 6) is 2.25. The van der Waals surface area contributed by atoms with Crippen LogP contribution < -0.4 is 24.8 Å². The number of amides is 2. The quantitative estimate of drug-likeness (QED) is 0.365. The Morgan fingerprint density at radius 2 is 1.76 bits per heavy atom. The number of nitrogens with one attached hydrogen (secondary N) is 3. The van der Waals surface area contributed by atoms with E-state index in [2.05, 4.69) is 25.6 Å². The number of benzene rings is 1. The van der Waals surface area contributed by atoms with Gasteiger partial charge >= 0.3 is 6.09 Å². The fourth-order valence-corrected chi connectivity index (χ4v) is 5.49. The van der Waals surface area contributed by atoms with Crippen LogP contribution in [0.4, 0.5) is 4.79 Å². The number of hydrogen-bond acceptors (Lipinski definition) is 8. The molecular formula is C30H37N5O6. The number of fused-ring (bicyclic) bond motifs is 2. The fraction of sp³-hybridized carbons (Fsp3) is 0.533. The normalized spacial score (nSPS) is 20.1. The van der Waals surface area contributed by atoms with Crippen LogP contribution in [0, 0.1) is 12.8 Å². The summed E-state index contributed by atoms with van der Waals surface area (Å²) in [6.07, 6.45) is 6.43. The Morgan fingerprint density at radius 3 is 2.46 bits per heavy atom. The first-order valence-electron chi connectivity index (χ1n) is 14.4. The van der Waals surface area contributed by atoms with Gasteiger partial charge in [0.15, 0.2) is 11.5 Å². The highest BCUT2D eigenvalue weighted by Crippen LogP contribution is 2.48. The SMILES string of the molecule is Cc1[nH]c2c(-c3c(OCC4CC4)ccc4c3OCO4)ncnc2c1C(=O)NC1CCC(NC(=O)OC(C)(C)C)CC1. The smallest absolute Gasteiger partial charge is 0.407 e. The van der Waals surface area contributed by atoms with Crippen molar-refractivity contribution in [2.75, 3.05) is 13.4 Å². The Kier molecular flexibility index (Phi) is 7.13. The second-order valence-corrected chi connectivity index (χ2v) is 12.2. The first kappa shape index (κ1) is 27.2. The van der Waals surface area contributed by atoms with Crippen LogP contribution in [0.15, 0.2) is 18.5 Å². The number of hydrogen-bond donors (Lipinski definition) is 3. The highest BCUT2D eigenvalue weighted by molar-refractivity contribution is 6.09. The number of ether oxygens (including phenoxy) is 4. The van der Waals surface area contributed by atoms with Crippen molar-refractivity contribution in [1.82, 2.24) is 25.6 Å². The van der Waals surface area contributed by atoms with Gasteiger partial charge in [0, 0.05) is 17.8 Å². The molecular weight excluding hydrogens is 526 g/mol. The summed E-state index contributed by atoms with van der Waals surface area (Å²) in [6, 6.07) is 3.76. The van der Waals surface area contributed by atoms with Crippen LogP contribution in [0.25, 0.3) is 22.3 Å². The lowest BCUT2D eigenvalue weighted by Crippen LogP contribution is -2.45. The molecule has 3 heterocycles. The molecule has 1 aliphatic heterocycles. The van der Waals surface area contributed by atoms with Gasteiger partial charge in [-0.1, -0.05) is 0 Å². The summed E-state index contributed by atoms with van der Waals surface area (Å²) < 4.78 is 23.1. The lowest BCUT2D eigenvalue weighted by atomic mass is 9.91. The minimum absolute atomic E-state index is 0.00443. The Morgan fingerprint density at radius 1 is 1.02 bits per heavy atom. The molecule has 218 valence electrons. The maximum absolute atomic E-state index is 13.6. The van der Waals surface area contributed by atoms with Crippen molar-refractivity contribution in [3.63, 3.8) is 0 Å². The van der Waals surface area contributed by atoms with E-state index in [0.717, 1.165) is 25.7 Å². The van der Waals surface area contributed by atoms with Gasteiger partial charge in [-0.25, -0.2) is 14.8 Å². The van der Waals surface area contributed by atoms with Crippen LogP contribution in [-0.4, -0.2) is 58.0 Å². The zero-order chi connectivity index (χ0) is 28.7. The monoisotopic (exact) mass is 563 g/mol. The lowest BCUT2D eigenvalue weighted by Gasteiger charge is -2.30. The third-order valence-corrected chi connectivity index (χ3v) is 7.69. The lowest BCUT2D eigenvalue weighted by molar-refractivity contribution is 0.0488. The van der Waals surface area contributed by atoms with E-state index in [0.29, 0.717) is 63.3 Å². The fourth-order valence-electron chi connectivity index (χ4n) is 5.49. The predicted octanol–water partition coefficient (Wildman–Crippen LogP) is 5.02. The molecule has 0 radical (unpaired) electrons. The number of carbonyl (C=O) groups excluding carboxylic acids is 2. The molecule has 0 spiro atoms. The second-order valence-electron chi connectivity index (χ2n) is 12.2. The third kappa shape index (κ3) is 5.89. The van der Waals surface area contributed by atoms with E-state index < -0.39 is 11.7 Å². The largest absolute Gasteiger partial charge is 0.492 e. The number of aromatic nitrogens is 3. The molecule has 2 fully saturated rings. The first-order valence-corrected chi connectivity index (χ1v) is 14.4. The molecule has 11 nitrogen and oxygen atoms in total. The van der Waals surface area contributed by atoms with Gasteiger partial charge in [0.1, 0.15) is 28.9 Å². The average Bonchev–Trinajstić information content (AvgIpc) is 3.50. The molecule has 3 N–H and O–H groups in total. The molecule has 11 heteroatoms. The highest BCUT2D eigenvalue weighted by atomic mass is 16.7. The van der Waals surface area contributed by atoms with E-state index in [1.165, 1.54) is 19.2 Å². The number of aromatic amines is 1. The summed E-state index contributed by atoms with van der Waals surface area (Å²) in [5.41, 5.74) is 3.11. The molecule has 0 saturated heterocycles. The molecule has 2 aliphatic carbocycles. The van der Waals surface area contributed by atoms with Gasteiger partial charge in [0.25, 0.3) is 5.91 Å². The van der Waals surface area contributed by atoms with Gasteiger partial charge in [0.2, 0.25) is 6.79 Å². The topological polar surface area (TPSA) is 137 Å². The van der Waals surface area contributed by atoms with Crippen molar-refractivity contribution >= 4 is 23.0 Å². The van der Waals surface area contributed by atoms with E-state index in [1.54, 1.807) is 0 Å². The summed E-state index contributed by atoms with van der Waals surface area (Å²) in [6.45, 7) is 8.15. The van der Waals surface area contributed by atoms with Crippen molar-refractivity contribution in [1.29, 1.82) is 0 Å². The Bertz CT molecular complexity index is 1470. The number of rotatable bonds is 7. The molecule has 3 aliphatic rings. The second kappa shape index (κ2) is 10.8. The predicted molar refractivity (Wildman–Crippen MR) is 151 cm³/mol. The maximum atomic E-state index is 13.6. The van der Waals surface area contributed by atoms with E-state index in [-0.39, 0.29) is 24.8 Å². The molecule has 3 aromatic rings. The van der Waals surface area contributed by atoms with Gasteiger partial charge < -0.3 is 34.6 Å². The van der Waals surface area contributed by atoms with Crippen LogP contribution in [0.1, 0.15) is 75.3 Å². The zero-order valence-electron chi connectivity index (χ0n) is 24.0. The molecule has 41 heavy (non-hydrogen) atoms. The van der Waals surface area contributed by atoms with Gasteiger partial charge in [-0.15, -0.1) is 0 Å². The first-order chi connectivity index (χ1) is 19.7. The van der Waals surface area contributed by atoms with Gasteiger partial charge in [0.05, 0.1) is 23.3 Å². The number of alkyl carbamates (subject to hydrolysis) is 1. The highest BCUT2D eigenvalue weighted by Gasteiger charge is 2.31.